The van der Waals surface area contributed by atoms with Gasteiger partial charge in [0.2, 0.25) is 5.91 Å². The lowest BCUT2D eigenvalue weighted by molar-refractivity contribution is -0.131. The van der Waals surface area contributed by atoms with Crippen LogP contribution in [0.4, 0.5) is 0 Å². The van der Waals surface area contributed by atoms with E-state index in [9.17, 15) is 9.90 Å². The number of carbonyl (C=O) groups excluding carboxylic acids is 1. The largest absolute Gasteiger partial charge is 0.464 e. The number of furan rings is 1. The van der Waals surface area contributed by atoms with Crippen LogP contribution in [0.2, 0.25) is 0 Å². The molecule has 0 saturated carbocycles. The number of fused-ring (bicyclic) bond motifs is 1. The molecule has 0 radical (unpaired) electrons. The van der Waals surface area contributed by atoms with Gasteiger partial charge in [-0.2, -0.15) is 0 Å². The Morgan fingerprint density at radius 1 is 1.08 bits per heavy atom. The SMILES string of the molecule is Cc1ccc2c(CC(=O)N(CCO)CCc3ccccc3)coc2c1C. The van der Waals surface area contributed by atoms with Crippen molar-refractivity contribution in [3.63, 3.8) is 0 Å². The van der Waals surface area contributed by atoms with E-state index in [2.05, 4.69) is 25.1 Å². The zero-order chi connectivity index (χ0) is 18.5. The Kier molecular flexibility index (Phi) is 5.74. The highest BCUT2D eigenvalue weighted by Gasteiger charge is 2.17. The molecule has 1 N–H and O–H groups in total. The van der Waals surface area contributed by atoms with Gasteiger partial charge in [-0.15, -0.1) is 0 Å². The first-order valence-electron chi connectivity index (χ1n) is 8.99. The van der Waals surface area contributed by atoms with Gasteiger partial charge in [-0.05, 0) is 37.0 Å². The second-order valence-corrected chi connectivity index (χ2v) is 6.66. The molecule has 1 heterocycles. The van der Waals surface area contributed by atoms with Crippen molar-refractivity contribution in [2.75, 3.05) is 19.7 Å². The van der Waals surface area contributed by atoms with Gasteiger partial charge in [0.05, 0.1) is 19.3 Å². The molecule has 3 rings (SSSR count). The molecule has 1 amide bonds. The molecular formula is C22H25NO3. The molecule has 4 nitrogen and oxygen atoms in total. The van der Waals surface area contributed by atoms with Gasteiger partial charge in [-0.3, -0.25) is 4.79 Å². The van der Waals surface area contributed by atoms with Crippen molar-refractivity contribution in [2.24, 2.45) is 0 Å². The van der Waals surface area contributed by atoms with Gasteiger partial charge < -0.3 is 14.4 Å². The second kappa shape index (κ2) is 8.19. The Morgan fingerprint density at radius 3 is 2.58 bits per heavy atom. The zero-order valence-corrected chi connectivity index (χ0v) is 15.4. The Morgan fingerprint density at radius 2 is 1.85 bits per heavy atom. The van der Waals surface area contributed by atoms with Crippen LogP contribution in [-0.4, -0.2) is 35.6 Å². The summed E-state index contributed by atoms with van der Waals surface area (Å²) in [6.07, 6.45) is 2.74. The van der Waals surface area contributed by atoms with Gasteiger partial charge in [-0.1, -0.05) is 42.5 Å². The number of carbonyl (C=O) groups is 1. The highest BCUT2D eigenvalue weighted by Crippen LogP contribution is 2.27. The van der Waals surface area contributed by atoms with Crippen molar-refractivity contribution in [2.45, 2.75) is 26.7 Å². The molecule has 4 heteroatoms. The molecule has 136 valence electrons. The molecule has 2 aromatic carbocycles. The summed E-state index contributed by atoms with van der Waals surface area (Å²) in [4.78, 5) is 14.5. The molecule has 0 unspecified atom stereocenters. The molecule has 26 heavy (non-hydrogen) atoms. The van der Waals surface area contributed by atoms with Gasteiger partial charge in [0.15, 0.2) is 0 Å². The van der Waals surface area contributed by atoms with Crippen LogP contribution in [-0.2, 0) is 17.6 Å². The maximum atomic E-state index is 12.8. The van der Waals surface area contributed by atoms with Gasteiger partial charge in [0.25, 0.3) is 0 Å². The van der Waals surface area contributed by atoms with E-state index in [1.807, 2.05) is 31.2 Å². The summed E-state index contributed by atoms with van der Waals surface area (Å²) in [7, 11) is 0. The molecule has 0 bridgehead atoms. The first-order valence-corrected chi connectivity index (χ1v) is 8.99. The van der Waals surface area contributed by atoms with Crippen molar-refractivity contribution >= 4 is 16.9 Å². The van der Waals surface area contributed by atoms with Crippen molar-refractivity contribution in [1.29, 1.82) is 0 Å². The van der Waals surface area contributed by atoms with Crippen LogP contribution in [0.5, 0.6) is 0 Å². The highest BCUT2D eigenvalue weighted by atomic mass is 16.3. The molecule has 0 atom stereocenters. The van der Waals surface area contributed by atoms with Crippen LogP contribution in [0.3, 0.4) is 0 Å². The smallest absolute Gasteiger partial charge is 0.227 e. The molecule has 1 aromatic heterocycles. The summed E-state index contributed by atoms with van der Waals surface area (Å²) in [5.74, 6) is 0.0101. The molecule has 0 aliphatic carbocycles. The maximum absolute atomic E-state index is 12.8. The predicted octanol–water partition coefficient (Wildman–Crippen LogP) is 3.66. The van der Waals surface area contributed by atoms with E-state index < -0.39 is 0 Å². The minimum Gasteiger partial charge on any atom is -0.464 e. The molecular weight excluding hydrogens is 326 g/mol. The summed E-state index contributed by atoms with van der Waals surface area (Å²) >= 11 is 0. The number of hydrogen-bond donors (Lipinski definition) is 1. The molecule has 0 saturated heterocycles. The quantitative estimate of drug-likeness (QED) is 0.707. The average Bonchev–Trinajstić information content (AvgIpc) is 3.06. The number of benzene rings is 2. The molecule has 0 aliphatic rings. The van der Waals surface area contributed by atoms with Crippen LogP contribution in [0, 0.1) is 13.8 Å². The van der Waals surface area contributed by atoms with E-state index in [0.717, 1.165) is 28.5 Å². The van der Waals surface area contributed by atoms with Crippen LogP contribution in [0.25, 0.3) is 11.0 Å². The molecule has 0 aliphatic heterocycles. The monoisotopic (exact) mass is 351 g/mol. The Hall–Kier alpha value is -2.59. The average molecular weight is 351 g/mol. The first-order chi connectivity index (χ1) is 12.6. The fourth-order valence-corrected chi connectivity index (χ4v) is 3.19. The van der Waals surface area contributed by atoms with Crippen molar-refractivity contribution in [3.05, 3.63) is 71.0 Å². The van der Waals surface area contributed by atoms with E-state index in [-0.39, 0.29) is 18.9 Å². The number of aliphatic hydroxyl groups is 1. The van der Waals surface area contributed by atoms with Crippen LogP contribution >= 0.6 is 0 Å². The fraction of sp³-hybridized carbons (Fsp3) is 0.318. The topological polar surface area (TPSA) is 53.7 Å². The zero-order valence-electron chi connectivity index (χ0n) is 15.4. The first kappa shape index (κ1) is 18.2. The normalized spacial score (nSPS) is 11.0. The maximum Gasteiger partial charge on any atom is 0.227 e. The Bertz CT molecular complexity index is 883. The Balaban J connectivity index is 1.72. The van der Waals surface area contributed by atoms with Gasteiger partial charge in [-0.25, -0.2) is 0 Å². The third-order valence-corrected chi connectivity index (χ3v) is 4.92. The third-order valence-electron chi connectivity index (χ3n) is 4.92. The highest BCUT2D eigenvalue weighted by molar-refractivity contribution is 5.89. The standard InChI is InChI=1S/C22H25NO3/c1-16-8-9-20-19(15-26-22(20)17(16)2)14-21(25)23(12-13-24)11-10-18-6-4-3-5-7-18/h3-9,15,24H,10-14H2,1-2H3. The van der Waals surface area contributed by atoms with Crippen molar-refractivity contribution < 1.29 is 14.3 Å². The van der Waals surface area contributed by atoms with E-state index in [0.29, 0.717) is 13.1 Å². The number of hydrogen-bond acceptors (Lipinski definition) is 3. The number of aliphatic hydroxyl groups excluding tert-OH is 1. The van der Waals surface area contributed by atoms with Crippen LogP contribution in [0.15, 0.2) is 53.1 Å². The van der Waals surface area contributed by atoms with Crippen molar-refractivity contribution in [1.82, 2.24) is 4.90 Å². The summed E-state index contributed by atoms with van der Waals surface area (Å²) in [5, 5.41) is 10.3. The lowest BCUT2D eigenvalue weighted by Crippen LogP contribution is -2.36. The van der Waals surface area contributed by atoms with Crippen LogP contribution < -0.4 is 0 Å². The summed E-state index contributed by atoms with van der Waals surface area (Å²) in [6, 6.07) is 14.2. The number of aryl methyl sites for hydroxylation is 2. The van der Waals surface area contributed by atoms with Gasteiger partial charge in [0.1, 0.15) is 5.58 Å². The predicted molar refractivity (Wildman–Crippen MR) is 103 cm³/mol. The van der Waals surface area contributed by atoms with E-state index >= 15 is 0 Å². The van der Waals surface area contributed by atoms with E-state index in [4.69, 9.17) is 4.42 Å². The lowest BCUT2D eigenvalue weighted by atomic mass is 10.0. The molecule has 3 aromatic rings. The van der Waals surface area contributed by atoms with Gasteiger partial charge >= 0.3 is 0 Å². The Labute approximate surface area is 154 Å². The lowest BCUT2D eigenvalue weighted by Gasteiger charge is -2.21. The number of amides is 1. The number of nitrogens with zero attached hydrogens (tertiary/aromatic N) is 1. The third kappa shape index (κ3) is 3.97. The summed E-state index contributed by atoms with van der Waals surface area (Å²) < 4.78 is 5.71. The van der Waals surface area contributed by atoms with Gasteiger partial charge in [0, 0.05) is 24.0 Å². The van der Waals surface area contributed by atoms with Crippen LogP contribution in [0.1, 0.15) is 22.3 Å². The fourth-order valence-electron chi connectivity index (χ4n) is 3.19. The minimum absolute atomic E-state index is 0.0101. The van der Waals surface area contributed by atoms with E-state index in [1.54, 1.807) is 11.2 Å². The summed E-state index contributed by atoms with van der Waals surface area (Å²) in [5.41, 5.74) is 5.22. The van der Waals surface area contributed by atoms with Crippen molar-refractivity contribution in [3.8, 4) is 0 Å². The number of rotatable bonds is 7. The minimum atomic E-state index is -0.0367. The van der Waals surface area contributed by atoms with E-state index in [1.165, 1.54) is 11.1 Å². The molecule has 0 fully saturated rings. The molecule has 0 spiro atoms. The summed E-state index contributed by atoms with van der Waals surface area (Å²) in [6.45, 7) is 4.99. The second-order valence-electron chi connectivity index (χ2n) is 6.66.